The van der Waals surface area contributed by atoms with Crippen molar-refractivity contribution in [3.8, 4) is 5.69 Å². The van der Waals surface area contributed by atoms with Crippen molar-refractivity contribution >= 4 is 17.4 Å². The van der Waals surface area contributed by atoms with E-state index in [0.29, 0.717) is 11.5 Å². The van der Waals surface area contributed by atoms with E-state index in [-0.39, 0.29) is 23.7 Å². The van der Waals surface area contributed by atoms with E-state index in [0.717, 1.165) is 31.4 Å². The van der Waals surface area contributed by atoms with Crippen LogP contribution in [0.4, 0.5) is 11.5 Å². The number of hydrogen-bond acceptors (Lipinski definition) is 6. The summed E-state index contributed by atoms with van der Waals surface area (Å²) in [5.41, 5.74) is 1.49. The molecule has 1 aliphatic heterocycles. The molecule has 1 saturated heterocycles. The van der Waals surface area contributed by atoms with Crippen molar-refractivity contribution in [2.45, 2.75) is 50.9 Å². The number of nitro benzene ring substituents is 1. The number of hydrogen-bond donors (Lipinski definition) is 3. The first-order valence-corrected chi connectivity index (χ1v) is 9.16. The number of aryl methyl sites for hydroxylation is 1. The van der Waals surface area contributed by atoms with Gasteiger partial charge >= 0.3 is 0 Å². The van der Waals surface area contributed by atoms with Gasteiger partial charge in [-0.3, -0.25) is 20.2 Å². The molecular weight excluding hydrogens is 348 g/mol. The lowest BCUT2D eigenvalue weighted by molar-refractivity contribution is -0.384. The van der Waals surface area contributed by atoms with Crippen LogP contribution in [0.2, 0.25) is 0 Å². The molecule has 1 saturated carbocycles. The summed E-state index contributed by atoms with van der Waals surface area (Å²) in [6.45, 7) is 1.86. The van der Waals surface area contributed by atoms with Gasteiger partial charge in [0.2, 0.25) is 0 Å². The average molecular weight is 370 g/mol. The lowest BCUT2D eigenvalue weighted by Crippen LogP contribution is -2.66. The number of rotatable bonds is 4. The molecule has 1 aromatic heterocycles. The number of benzene rings is 1. The molecule has 3 N–H and O–H groups in total. The Balaban J connectivity index is 1.56. The Bertz CT molecular complexity index is 862. The number of amides is 1. The van der Waals surface area contributed by atoms with Gasteiger partial charge in [-0.25, -0.2) is 4.68 Å². The van der Waals surface area contributed by atoms with Crippen LogP contribution in [0.15, 0.2) is 30.3 Å². The van der Waals surface area contributed by atoms with Gasteiger partial charge in [-0.2, -0.15) is 5.10 Å². The summed E-state index contributed by atoms with van der Waals surface area (Å²) >= 11 is 0. The zero-order chi connectivity index (χ0) is 19.0. The number of nitro groups is 1. The third kappa shape index (κ3) is 3.50. The Morgan fingerprint density at radius 2 is 1.93 bits per heavy atom. The highest BCUT2D eigenvalue weighted by Crippen LogP contribution is 2.24. The van der Waals surface area contributed by atoms with Gasteiger partial charge in [0.05, 0.1) is 16.3 Å². The van der Waals surface area contributed by atoms with E-state index in [1.165, 1.54) is 12.1 Å². The van der Waals surface area contributed by atoms with Crippen molar-refractivity contribution in [3.05, 3.63) is 46.1 Å². The Morgan fingerprint density at radius 1 is 1.22 bits per heavy atom. The zero-order valence-electron chi connectivity index (χ0n) is 15.0. The van der Waals surface area contributed by atoms with Crippen LogP contribution in [0.3, 0.4) is 0 Å². The predicted octanol–water partition coefficient (Wildman–Crippen LogP) is 1.86. The van der Waals surface area contributed by atoms with Gasteiger partial charge in [0.25, 0.3) is 11.6 Å². The Labute approximate surface area is 156 Å². The van der Waals surface area contributed by atoms with E-state index >= 15 is 0 Å². The molecular formula is C18H22N6O3. The number of carbonyl (C=O) groups is 1. The predicted molar refractivity (Wildman–Crippen MR) is 99.7 cm³/mol. The number of aromatic nitrogens is 2. The topological polar surface area (TPSA) is 114 Å². The number of piperazine rings is 1. The molecule has 9 nitrogen and oxygen atoms in total. The van der Waals surface area contributed by atoms with E-state index in [4.69, 9.17) is 0 Å². The minimum absolute atomic E-state index is 0.0220. The van der Waals surface area contributed by atoms with Gasteiger partial charge in [0.15, 0.2) is 6.17 Å². The largest absolute Gasteiger partial charge is 0.349 e. The number of nitrogens with one attached hydrogen (secondary N) is 3. The van der Waals surface area contributed by atoms with Crippen LogP contribution in [0.5, 0.6) is 0 Å². The summed E-state index contributed by atoms with van der Waals surface area (Å²) < 4.78 is 1.65. The highest BCUT2D eigenvalue weighted by atomic mass is 16.6. The van der Waals surface area contributed by atoms with E-state index in [2.05, 4.69) is 21.0 Å². The van der Waals surface area contributed by atoms with E-state index in [1.54, 1.807) is 16.8 Å². The van der Waals surface area contributed by atoms with Crippen molar-refractivity contribution in [2.24, 2.45) is 0 Å². The maximum absolute atomic E-state index is 12.5. The van der Waals surface area contributed by atoms with Gasteiger partial charge < -0.3 is 10.6 Å². The van der Waals surface area contributed by atoms with E-state index in [1.807, 2.05) is 13.0 Å². The van der Waals surface area contributed by atoms with E-state index < -0.39 is 11.1 Å². The molecule has 2 fully saturated rings. The molecule has 3 unspecified atom stereocenters. The molecule has 0 spiro atoms. The fourth-order valence-corrected chi connectivity index (χ4v) is 3.83. The van der Waals surface area contributed by atoms with Crippen LogP contribution in [0.25, 0.3) is 5.69 Å². The van der Waals surface area contributed by atoms with Crippen LogP contribution in [-0.4, -0.2) is 38.9 Å². The summed E-state index contributed by atoms with van der Waals surface area (Å²) in [6, 6.07) is 8.48. The molecule has 1 aliphatic carbocycles. The average Bonchev–Trinajstić information content (AvgIpc) is 3.02. The second-order valence-corrected chi connectivity index (χ2v) is 7.11. The normalized spacial score (nSPS) is 24.8. The lowest BCUT2D eigenvalue weighted by Gasteiger charge is -2.40. The second-order valence-electron chi connectivity index (χ2n) is 7.11. The highest BCUT2D eigenvalue weighted by Gasteiger charge is 2.36. The molecule has 0 bridgehead atoms. The molecule has 4 rings (SSSR count). The number of fused-ring (bicyclic) bond motifs is 1. The molecule has 2 heterocycles. The minimum atomic E-state index is -0.544. The third-order valence-corrected chi connectivity index (χ3v) is 5.17. The van der Waals surface area contributed by atoms with Gasteiger partial charge in [0, 0.05) is 30.3 Å². The Morgan fingerprint density at radius 3 is 2.63 bits per heavy atom. The van der Waals surface area contributed by atoms with E-state index in [9.17, 15) is 14.9 Å². The monoisotopic (exact) mass is 370 g/mol. The highest BCUT2D eigenvalue weighted by molar-refractivity contribution is 5.85. The van der Waals surface area contributed by atoms with Crippen LogP contribution < -0.4 is 16.0 Å². The number of nitrogens with zero attached hydrogens (tertiary/aromatic N) is 3. The molecule has 142 valence electrons. The van der Waals surface area contributed by atoms with Crippen LogP contribution in [0, 0.1) is 17.0 Å². The molecule has 2 aliphatic rings. The summed E-state index contributed by atoms with van der Waals surface area (Å²) in [5, 5.41) is 25.1. The number of non-ortho nitro benzene ring substituents is 1. The van der Waals surface area contributed by atoms with Crippen LogP contribution in [0.1, 0.15) is 31.4 Å². The lowest BCUT2D eigenvalue weighted by atomic mass is 9.88. The molecule has 0 radical (unpaired) electrons. The molecule has 27 heavy (non-hydrogen) atoms. The first kappa shape index (κ1) is 17.5. The summed E-state index contributed by atoms with van der Waals surface area (Å²) in [4.78, 5) is 22.9. The van der Waals surface area contributed by atoms with Gasteiger partial charge in [-0.05, 0) is 31.9 Å². The van der Waals surface area contributed by atoms with Gasteiger partial charge in [-0.15, -0.1) is 0 Å². The minimum Gasteiger partial charge on any atom is -0.349 e. The Kier molecular flexibility index (Phi) is 4.53. The summed E-state index contributed by atoms with van der Waals surface area (Å²) in [5.74, 6) is 0.579. The van der Waals surface area contributed by atoms with Gasteiger partial charge in [0.1, 0.15) is 5.82 Å². The van der Waals surface area contributed by atoms with Crippen molar-refractivity contribution in [1.29, 1.82) is 0 Å². The summed E-state index contributed by atoms with van der Waals surface area (Å²) in [7, 11) is 0. The Hall–Kier alpha value is -2.94. The molecule has 3 atom stereocenters. The number of carbonyl (C=O) groups excluding carboxylic acids is 1. The van der Waals surface area contributed by atoms with Crippen molar-refractivity contribution in [2.75, 3.05) is 5.32 Å². The van der Waals surface area contributed by atoms with Crippen molar-refractivity contribution in [3.63, 3.8) is 0 Å². The second kappa shape index (κ2) is 6.99. The fraction of sp³-hybridized carbons (Fsp3) is 0.444. The molecule has 1 amide bonds. The fourth-order valence-electron chi connectivity index (χ4n) is 3.83. The smallest absolute Gasteiger partial charge is 0.269 e. The van der Waals surface area contributed by atoms with Gasteiger partial charge in [-0.1, -0.05) is 12.8 Å². The first-order valence-electron chi connectivity index (χ1n) is 9.16. The van der Waals surface area contributed by atoms with Crippen LogP contribution in [-0.2, 0) is 4.79 Å². The SMILES string of the molecule is Cc1cc(NC2NC3CCCCC3NC2=O)n(-c2ccc([N+](=O)[O-])cc2)n1. The number of anilines is 1. The first-order chi connectivity index (χ1) is 13.0. The zero-order valence-corrected chi connectivity index (χ0v) is 15.0. The molecule has 1 aromatic carbocycles. The summed E-state index contributed by atoms with van der Waals surface area (Å²) in [6.07, 6.45) is 3.82. The van der Waals surface area contributed by atoms with Crippen molar-refractivity contribution in [1.82, 2.24) is 20.4 Å². The molecule has 2 aromatic rings. The van der Waals surface area contributed by atoms with Crippen molar-refractivity contribution < 1.29 is 9.72 Å². The van der Waals surface area contributed by atoms with Crippen LogP contribution >= 0.6 is 0 Å². The standard InChI is InChI=1S/C18H22N6O3/c1-11-10-16(23(22-11)12-6-8-13(9-7-12)24(26)27)21-17-18(25)20-15-5-3-2-4-14(15)19-17/h6-10,14-15,17,19,21H,2-5H2,1H3,(H,20,25). The molecule has 9 heteroatoms. The maximum Gasteiger partial charge on any atom is 0.269 e. The third-order valence-electron chi connectivity index (χ3n) is 5.17. The quantitative estimate of drug-likeness (QED) is 0.559. The maximum atomic E-state index is 12.5.